The van der Waals surface area contributed by atoms with Gasteiger partial charge in [-0.15, -0.1) is 0 Å². The summed E-state index contributed by atoms with van der Waals surface area (Å²) in [7, 11) is -3.51. The standard InChI is InChI=1S/C11H7NO4S/c1-12-10(11(13)14)8-6-17(15,16)9-5-3-2-4-7(8)9/h2-5H,6H2,(H,13,14). The molecule has 0 bridgehead atoms. The molecule has 1 aromatic rings. The molecule has 0 fully saturated rings. The molecule has 6 heteroatoms. The van der Waals surface area contributed by atoms with Gasteiger partial charge < -0.3 is 5.11 Å². The van der Waals surface area contributed by atoms with Crippen molar-refractivity contribution in [1.82, 2.24) is 0 Å². The molecule has 1 aliphatic heterocycles. The summed E-state index contributed by atoms with van der Waals surface area (Å²) in [4.78, 5) is 13.9. The fourth-order valence-corrected chi connectivity index (χ4v) is 3.41. The lowest BCUT2D eigenvalue weighted by Gasteiger charge is -1.99. The van der Waals surface area contributed by atoms with Gasteiger partial charge in [-0.3, -0.25) is 4.79 Å². The largest absolute Gasteiger partial charge is 0.486 e. The maximum absolute atomic E-state index is 11.8. The Kier molecular flexibility index (Phi) is 2.48. The van der Waals surface area contributed by atoms with Gasteiger partial charge in [0, 0.05) is 0 Å². The van der Waals surface area contributed by atoms with Gasteiger partial charge in [-0.1, -0.05) is 18.2 Å². The van der Waals surface area contributed by atoms with Crippen molar-refractivity contribution in [3.63, 3.8) is 0 Å². The van der Waals surface area contributed by atoms with Crippen LogP contribution in [-0.4, -0.2) is 25.2 Å². The van der Waals surface area contributed by atoms with Gasteiger partial charge in [-0.05, 0) is 17.2 Å². The number of carboxylic acid groups (broad SMARTS) is 1. The molecule has 1 aromatic carbocycles. The molecule has 1 N–H and O–H groups in total. The predicted octanol–water partition coefficient (Wildman–Crippen LogP) is 1.19. The first-order chi connectivity index (χ1) is 7.97. The molecule has 0 saturated carbocycles. The number of carboxylic acids is 1. The first-order valence-corrected chi connectivity index (χ1v) is 6.28. The Balaban J connectivity index is 2.81. The highest BCUT2D eigenvalue weighted by atomic mass is 32.2. The minimum atomic E-state index is -3.51. The van der Waals surface area contributed by atoms with Gasteiger partial charge in [0.2, 0.25) is 0 Å². The van der Waals surface area contributed by atoms with Crippen LogP contribution in [0.4, 0.5) is 0 Å². The normalized spacial score (nSPS) is 19.2. The van der Waals surface area contributed by atoms with Crippen LogP contribution in [-0.2, 0) is 14.6 Å². The third-order valence-corrected chi connectivity index (χ3v) is 4.18. The van der Waals surface area contributed by atoms with Gasteiger partial charge in [0.05, 0.1) is 17.2 Å². The summed E-state index contributed by atoms with van der Waals surface area (Å²) in [6, 6.07) is 6.12. The lowest BCUT2D eigenvalue weighted by molar-refractivity contribution is -0.132. The van der Waals surface area contributed by atoms with Crippen molar-refractivity contribution in [2.75, 3.05) is 5.75 Å². The Bertz CT molecular complexity index is 680. The van der Waals surface area contributed by atoms with Crippen LogP contribution < -0.4 is 0 Å². The summed E-state index contributed by atoms with van der Waals surface area (Å²) in [5.74, 6) is -1.82. The average molecular weight is 249 g/mol. The highest BCUT2D eigenvalue weighted by Gasteiger charge is 2.33. The maximum atomic E-state index is 11.8. The monoisotopic (exact) mass is 249 g/mol. The number of sulfone groups is 1. The second-order valence-electron chi connectivity index (χ2n) is 3.50. The van der Waals surface area contributed by atoms with Crippen molar-refractivity contribution in [1.29, 1.82) is 0 Å². The maximum Gasteiger partial charge on any atom is 0.334 e. The van der Waals surface area contributed by atoms with Crippen molar-refractivity contribution in [3.8, 4) is 0 Å². The number of fused-ring (bicyclic) bond motifs is 1. The SMILES string of the molecule is [C-]#[N+]C(C(=O)O)=C1CS(=O)(=O)c2ccccc21. The first kappa shape index (κ1) is 11.4. The molecule has 86 valence electrons. The predicted molar refractivity (Wildman–Crippen MR) is 59.7 cm³/mol. The van der Waals surface area contributed by atoms with Crippen molar-refractivity contribution < 1.29 is 18.3 Å². The highest BCUT2D eigenvalue weighted by molar-refractivity contribution is 7.92. The Labute approximate surface area is 97.7 Å². The lowest BCUT2D eigenvalue weighted by Crippen LogP contribution is -2.03. The van der Waals surface area contributed by atoms with E-state index in [2.05, 4.69) is 4.85 Å². The molecule has 0 spiro atoms. The Morgan fingerprint density at radius 1 is 1.35 bits per heavy atom. The van der Waals surface area contributed by atoms with Crippen LogP contribution in [0.5, 0.6) is 0 Å². The molecule has 0 amide bonds. The number of nitrogens with zero attached hydrogens (tertiary/aromatic N) is 1. The van der Waals surface area contributed by atoms with Crippen LogP contribution in [0.2, 0.25) is 0 Å². The van der Waals surface area contributed by atoms with Crippen LogP contribution in [0.15, 0.2) is 34.9 Å². The summed E-state index contributed by atoms with van der Waals surface area (Å²) < 4.78 is 23.6. The van der Waals surface area contributed by atoms with E-state index in [1.165, 1.54) is 12.1 Å². The third-order valence-electron chi connectivity index (χ3n) is 2.48. The van der Waals surface area contributed by atoms with Crippen molar-refractivity contribution in [2.24, 2.45) is 0 Å². The van der Waals surface area contributed by atoms with Crippen LogP contribution in [0.25, 0.3) is 10.4 Å². The molecule has 1 aliphatic rings. The molecule has 0 aromatic heterocycles. The highest BCUT2D eigenvalue weighted by Crippen LogP contribution is 2.36. The fraction of sp³-hybridized carbons (Fsp3) is 0.0909. The van der Waals surface area contributed by atoms with Crippen LogP contribution in [0.1, 0.15) is 5.56 Å². The van der Waals surface area contributed by atoms with Crippen LogP contribution in [0.3, 0.4) is 0 Å². The van der Waals surface area contributed by atoms with Crippen LogP contribution >= 0.6 is 0 Å². The minimum absolute atomic E-state index is 0.0723. The van der Waals surface area contributed by atoms with E-state index in [9.17, 15) is 13.2 Å². The Morgan fingerprint density at radius 2 is 2.00 bits per heavy atom. The summed E-state index contributed by atoms with van der Waals surface area (Å²) in [6.07, 6.45) is 0. The van der Waals surface area contributed by atoms with E-state index in [1.807, 2.05) is 0 Å². The van der Waals surface area contributed by atoms with E-state index in [0.717, 1.165) is 0 Å². The molecule has 5 nitrogen and oxygen atoms in total. The zero-order chi connectivity index (χ0) is 12.6. The van der Waals surface area contributed by atoms with Crippen LogP contribution in [0, 0.1) is 6.57 Å². The smallest absolute Gasteiger partial charge is 0.334 e. The molecule has 0 saturated heterocycles. The molecule has 1 heterocycles. The summed E-state index contributed by atoms with van der Waals surface area (Å²) in [5.41, 5.74) is -0.137. The molecule has 0 aliphatic carbocycles. The zero-order valence-electron chi connectivity index (χ0n) is 8.54. The second-order valence-corrected chi connectivity index (χ2v) is 5.46. The number of carbonyl (C=O) groups is 1. The number of hydrogen-bond acceptors (Lipinski definition) is 3. The Hall–Kier alpha value is -2.13. The molecule has 0 atom stereocenters. The van der Waals surface area contributed by atoms with E-state index in [4.69, 9.17) is 11.7 Å². The van der Waals surface area contributed by atoms with Crippen molar-refractivity contribution in [2.45, 2.75) is 4.90 Å². The van der Waals surface area contributed by atoms with Crippen molar-refractivity contribution >= 4 is 21.4 Å². The van der Waals surface area contributed by atoms with E-state index < -0.39 is 27.3 Å². The third kappa shape index (κ3) is 1.70. The molecular weight excluding hydrogens is 242 g/mol. The first-order valence-electron chi connectivity index (χ1n) is 4.63. The van der Waals surface area contributed by atoms with Crippen molar-refractivity contribution in [3.05, 3.63) is 46.9 Å². The quantitative estimate of drug-likeness (QED) is 0.599. The average Bonchev–Trinajstić information content (AvgIpc) is 2.53. The van der Waals surface area contributed by atoms with Gasteiger partial charge in [0.25, 0.3) is 5.70 Å². The Morgan fingerprint density at radius 3 is 2.59 bits per heavy atom. The molecular formula is C11H7NO4S. The van der Waals surface area contributed by atoms with Gasteiger partial charge in [0.1, 0.15) is 0 Å². The molecule has 2 rings (SSSR count). The topological polar surface area (TPSA) is 75.8 Å². The van der Waals surface area contributed by atoms with E-state index in [-0.39, 0.29) is 10.5 Å². The van der Waals surface area contributed by atoms with Gasteiger partial charge in [-0.2, -0.15) is 0 Å². The summed E-state index contributed by atoms with van der Waals surface area (Å²) in [6.45, 7) is 6.82. The van der Waals surface area contributed by atoms with E-state index in [0.29, 0.717) is 5.56 Å². The minimum Gasteiger partial charge on any atom is -0.486 e. The van der Waals surface area contributed by atoms with Gasteiger partial charge in [0.15, 0.2) is 9.84 Å². The van der Waals surface area contributed by atoms with Gasteiger partial charge >= 0.3 is 5.97 Å². The molecule has 17 heavy (non-hydrogen) atoms. The number of rotatable bonds is 1. The van der Waals surface area contributed by atoms with E-state index >= 15 is 0 Å². The molecule has 0 radical (unpaired) electrons. The summed E-state index contributed by atoms with van der Waals surface area (Å²) in [5, 5.41) is 8.86. The molecule has 0 unspecified atom stereocenters. The van der Waals surface area contributed by atoms with Gasteiger partial charge in [-0.25, -0.2) is 13.3 Å². The number of hydrogen-bond donors (Lipinski definition) is 1. The summed E-state index contributed by atoms with van der Waals surface area (Å²) >= 11 is 0. The number of benzene rings is 1. The fourth-order valence-electron chi connectivity index (χ4n) is 1.77. The number of aliphatic carboxylic acids is 1. The lowest BCUT2D eigenvalue weighted by atomic mass is 10.1. The second kappa shape index (κ2) is 3.71. The van der Waals surface area contributed by atoms with E-state index in [1.54, 1.807) is 12.1 Å². The zero-order valence-corrected chi connectivity index (χ0v) is 9.36.